The van der Waals surface area contributed by atoms with Crippen LogP contribution in [0.2, 0.25) is 0 Å². The molecule has 17 heteroatoms. The van der Waals surface area contributed by atoms with Crippen LogP contribution in [0.4, 0.5) is 28.8 Å². The molecule has 304 valence electrons. The summed E-state index contributed by atoms with van der Waals surface area (Å²) in [6.07, 6.45) is 3.43. The van der Waals surface area contributed by atoms with Crippen LogP contribution >= 0.6 is 0 Å². The van der Waals surface area contributed by atoms with Crippen LogP contribution in [0.1, 0.15) is 76.8 Å². The second kappa shape index (κ2) is 18.9. The van der Waals surface area contributed by atoms with Gasteiger partial charge in [-0.15, -0.1) is 0 Å². The molecule has 2 aliphatic rings. The van der Waals surface area contributed by atoms with Gasteiger partial charge in [-0.3, -0.25) is 28.9 Å². The third-order valence-electron chi connectivity index (χ3n) is 10.2. The molecule has 0 bridgehead atoms. The van der Waals surface area contributed by atoms with E-state index in [-0.39, 0.29) is 54.4 Å². The highest BCUT2D eigenvalue weighted by atomic mass is 32.2. The number of likely N-dealkylation sites (tertiary alicyclic amines) is 1. The number of Topliss-reactive ketones (excluding diaryl/α,β-unsaturated/α-hetero) is 1. The number of carbonyl (C=O) groups is 5. The monoisotopic (exact) mass is 810 g/mol. The average molecular weight is 811 g/mol. The van der Waals surface area contributed by atoms with E-state index in [0.29, 0.717) is 48.7 Å². The topological polar surface area (TPSA) is 226 Å². The highest BCUT2D eigenvalue weighted by Gasteiger charge is 2.43. The summed E-state index contributed by atoms with van der Waals surface area (Å²) in [5.74, 6) is -0.944. The van der Waals surface area contributed by atoms with E-state index in [1.54, 1.807) is 42.6 Å². The molecule has 4 aromatic rings. The van der Waals surface area contributed by atoms with Gasteiger partial charge < -0.3 is 35.9 Å². The Hall–Kier alpha value is -6.04. The van der Waals surface area contributed by atoms with Crippen molar-refractivity contribution in [1.29, 1.82) is 0 Å². The number of imide groups is 1. The molecular weight excluding hydrogens is 765 g/mol. The van der Waals surface area contributed by atoms with Crippen molar-refractivity contribution in [2.24, 2.45) is 5.73 Å². The Morgan fingerprint density at radius 3 is 2.41 bits per heavy atom. The predicted octanol–water partition coefficient (Wildman–Crippen LogP) is 4.90. The molecule has 58 heavy (non-hydrogen) atoms. The van der Waals surface area contributed by atoms with Gasteiger partial charge in [0.25, 0.3) is 11.8 Å². The summed E-state index contributed by atoms with van der Waals surface area (Å²) in [6, 6.07) is 18.5. The fraction of sp³-hybridized carbons (Fsp3) is 0.341. The summed E-state index contributed by atoms with van der Waals surface area (Å²) in [5, 5.41) is 9.56. The van der Waals surface area contributed by atoms with Crippen LogP contribution < -0.4 is 21.7 Å². The number of primary amides is 1. The van der Waals surface area contributed by atoms with Crippen molar-refractivity contribution in [3.8, 4) is 0 Å². The van der Waals surface area contributed by atoms with Crippen molar-refractivity contribution < 1.29 is 37.5 Å². The lowest BCUT2D eigenvalue weighted by Gasteiger charge is -2.32. The number of rotatable bonds is 18. The number of ether oxygens (including phenoxy) is 1. The second-order valence-corrected chi connectivity index (χ2v) is 15.1. The maximum atomic E-state index is 13.3. The Balaban J connectivity index is 0.916. The minimum Gasteiger partial charge on any atom is -0.382 e. The van der Waals surface area contributed by atoms with Gasteiger partial charge in [0.05, 0.1) is 41.7 Å². The third-order valence-corrected chi connectivity index (χ3v) is 10.8. The summed E-state index contributed by atoms with van der Waals surface area (Å²) >= 11 is -2.09. The number of ketones is 1. The Kier molecular flexibility index (Phi) is 13.6. The molecule has 1 aromatic heterocycles. The van der Waals surface area contributed by atoms with Gasteiger partial charge in [-0.25, -0.2) is 9.19 Å². The number of fused-ring (bicyclic) bond motifs is 1. The minimum absolute atomic E-state index is 0.0235. The normalized spacial score (nSPS) is 15.2. The Morgan fingerprint density at radius 1 is 0.966 bits per heavy atom. The van der Waals surface area contributed by atoms with Crippen LogP contribution in [0.3, 0.4) is 0 Å². The molecule has 2 atom stereocenters. The number of aryl methyl sites for hydroxylation is 1. The number of nitrogens with two attached hydrogens (primary N) is 1. The molecule has 2 unspecified atom stereocenters. The predicted molar refractivity (Wildman–Crippen MR) is 218 cm³/mol. The van der Waals surface area contributed by atoms with E-state index in [2.05, 4.69) is 38.1 Å². The molecule has 0 radical (unpaired) electrons. The summed E-state index contributed by atoms with van der Waals surface area (Å²) in [4.78, 5) is 75.1. The van der Waals surface area contributed by atoms with E-state index >= 15 is 0 Å². The first-order valence-electron chi connectivity index (χ1n) is 19.0. The van der Waals surface area contributed by atoms with Crippen LogP contribution in [0, 0.1) is 6.92 Å². The van der Waals surface area contributed by atoms with Gasteiger partial charge in [0.1, 0.15) is 5.82 Å². The molecule has 6 N–H and O–H groups in total. The van der Waals surface area contributed by atoms with E-state index in [9.17, 15) is 32.7 Å². The van der Waals surface area contributed by atoms with Crippen molar-refractivity contribution >= 4 is 69.3 Å². The number of piperidine rings is 1. The molecule has 1 fully saturated rings. The Bertz CT molecular complexity index is 2210. The number of aromatic nitrogens is 2. The number of anilines is 5. The largest absolute Gasteiger partial charge is 0.382 e. The van der Waals surface area contributed by atoms with E-state index in [1.807, 2.05) is 24.0 Å². The van der Waals surface area contributed by atoms with Gasteiger partial charge in [-0.1, -0.05) is 24.3 Å². The summed E-state index contributed by atoms with van der Waals surface area (Å²) < 4.78 is 26.6. The van der Waals surface area contributed by atoms with Gasteiger partial charge in [0.2, 0.25) is 17.8 Å². The molecule has 16 nitrogen and oxygen atoms in total. The first kappa shape index (κ1) is 41.6. The van der Waals surface area contributed by atoms with Gasteiger partial charge in [0.15, 0.2) is 16.9 Å². The van der Waals surface area contributed by atoms with Crippen molar-refractivity contribution in [3.05, 3.63) is 95.2 Å². The Labute approximate surface area is 338 Å². The highest BCUT2D eigenvalue weighted by molar-refractivity contribution is 7.79. The fourth-order valence-electron chi connectivity index (χ4n) is 7.08. The number of amides is 4. The lowest BCUT2D eigenvalue weighted by atomic mass is 9.89. The highest BCUT2D eigenvalue weighted by Crippen LogP contribution is 2.33. The minimum atomic E-state index is -2.09. The van der Waals surface area contributed by atoms with Gasteiger partial charge in [0, 0.05) is 54.9 Å². The number of hydrogen-bond acceptors (Lipinski definition) is 12. The summed E-state index contributed by atoms with van der Waals surface area (Å²) in [5.41, 5.74) is 9.44. The van der Waals surface area contributed by atoms with Gasteiger partial charge in [-0.05, 0) is 87.1 Å². The summed E-state index contributed by atoms with van der Waals surface area (Å²) in [6.45, 7) is 5.23. The Morgan fingerprint density at radius 2 is 1.71 bits per heavy atom. The zero-order valence-corrected chi connectivity index (χ0v) is 33.0. The van der Waals surface area contributed by atoms with Gasteiger partial charge >= 0.3 is 0 Å². The van der Waals surface area contributed by atoms with E-state index in [4.69, 9.17) is 10.5 Å². The lowest BCUT2D eigenvalue weighted by Crippen LogP contribution is -2.44. The van der Waals surface area contributed by atoms with Crippen LogP contribution in [0.15, 0.2) is 77.8 Å². The third kappa shape index (κ3) is 10.1. The van der Waals surface area contributed by atoms with Crippen molar-refractivity contribution in [2.45, 2.75) is 62.8 Å². The molecule has 3 heterocycles. The van der Waals surface area contributed by atoms with Crippen molar-refractivity contribution in [3.63, 3.8) is 0 Å². The molecule has 3 aromatic carbocycles. The standard InChI is InChI=1S/C41H46N8O8S/c1-25-24-44-41(47-38(25)45-30-5-3-6-31(23-30)58(55)56)46-29-11-9-27(10-12-29)28-15-19-48(20-16-28)36(52)17-21-57-22-18-43-33-8-4-7-32-37(33)40(54)49(39(32)53)34(26(2)50)13-14-35(42)51/h3-12,23-24,28,34,43H,13-22H2,1-2H3,(H2,42,51)(H,55,56)(H2,44,45,46,47). The quantitative estimate of drug-likeness (QED) is 0.0513. The average Bonchev–Trinajstić information content (AvgIpc) is 3.46. The van der Waals surface area contributed by atoms with Crippen molar-refractivity contribution in [1.82, 2.24) is 19.8 Å². The van der Waals surface area contributed by atoms with Crippen LogP contribution in [-0.4, -0.2) is 96.8 Å². The lowest BCUT2D eigenvalue weighted by molar-refractivity contribution is -0.133. The molecule has 0 saturated carbocycles. The summed E-state index contributed by atoms with van der Waals surface area (Å²) in [7, 11) is 0. The molecular formula is C41H46N8O8S. The van der Waals surface area contributed by atoms with E-state index in [0.717, 1.165) is 29.0 Å². The van der Waals surface area contributed by atoms with Gasteiger partial charge in [-0.2, -0.15) is 4.98 Å². The first-order chi connectivity index (χ1) is 27.9. The van der Waals surface area contributed by atoms with Crippen LogP contribution in [0.25, 0.3) is 0 Å². The number of hydrogen-bond donors (Lipinski definition) is 5. The number of nitrogens with zero attached hydrogens (tertiary/aromatic N) is 4. The van der Waals surface area contributed by atoms with E-state index < -0.39 is 40.6 Å². The first-order valence-corrected chi connectivity index (χ1v) is 20.1. The van der Waals surface area contributed by atoms with E-state index in [1.165, 1.54) is 18.6 Å². The molecule has 0 aliphatic carbocycles. The van der Waals surface area contributed by atoms with Crippen molar-refractivity contribution in [2.75, 3.05) is 48.8 Å². The SMILES string of the molecule is CC(=O)C(CCC(N)=O)N1C(=O)c2cccc(NCCOCCC(=O)N3CCC(c4ccc(Nc5ncc(C)c(Nc6cccc(S(=O)O)c6)n5)cc4)CC3)c2C1=O. The number of carbonyl (C=O) groups excluding carboxylic acids is 5. The zero-order valence-electron chi connectivity index (χ0n) is 32.2. The number of benzene rings is 3. The van der Waals surface area contributed by atoms with Crippen LogP contribution in [-0.2, 0) is 30.2 Å². The molecule has 2 aliphatic heterocycles. The second-order valence-electron chi connectivity index (χ2n) is 14.2. The number of nitrogens with one attached hydrogen (secondary N) is 3. The van der Waals surface area contributed by atoms with Crippen LogP contribution in [0.5, 0.6) is 0 Å². The smallest absolute Gasteiger partial charge is 0.264 e. The molecule has 1 saturated heterocycles. The zero-order chi connectivity index (χ0) is 41.3. The fourth-order valence-corrected chi connectivity index (χ4v) is 7.51. The molecule has 6 rings (SSSR count). The molecule has 0 spiro atoms. The maximum Gasteiger partial charge on any atom is 0.264 e. The molecule has 4 amide bonds. The maximum absolute atomic E-state index is 13.3.